The van der Waals surface area contributed by atoms with Crippen molar-refractivity contribution in [3.8, 4) is 0 Å². The molecule has 0 unspecified atom stereocenters. The highest BCUT2D eigenvalue weighted by atomic mass is 32.1. The standard InChI is InChI=1S/C12H17N3O4S/c1-2-18-11(16)10(9-7-20-12(13)14-9)15-19-8-3-5-17-6-4-8/h7-8H,2-6H2,1H3,(H2,13,14). The summed E-state index contributed by atoms with van der Waals surface area (Å²) >= 11 is 1.23. The van der Waals surface area contributed by atoms with Crippen LogP contribution >= 0.6 is 11.3 Å². The molecule has 2 rings (SSSR count). The minimum Gasteiger partial charge on any atom is -0.461 e. The molecule has 1 aliphatic heterocycles. The Morgan fingerprint density at radius 3 is 2.95 bits per heavy atom. The van der Waals surface area contributed by atoms with Crippen LogP contribution in [0.2, 0.25) is 0 Å². The molecule has 1 fully saturated rings. The van der Waals surface area contributed by atoms with Crippen LogP contribution < -0.4 is 5.73 Å². The van der Waals surface area contributed by atoms with E-state index >= 15 is 0 Å². The van der Waals surface area contributed by atoms with Crippen molar-refractivity contribution < 1.29 is 19.1 Å². The predicted molar refractivity (Wildman–Crippen MR) is 74.6 cm³/mol. The molecule has 0 radical (unpaired) electrons. The number of nitrogens with zero attached hydrogens (tertiary/aromatic N) is 2. The average molecular weight is 299 g/mol. The van der Waals surface area contributed by atoms with Gasteiger partial charge in [0.15, 0.2) is 5.13 Å². The van der Waals surface area contributed by atoms with Gasteiger partial charge < -0.3 is 20.0 Å². The molecule has 0 atom stereocenters. The normalized spacial score (nSPS) is 16.9. The van der Waals surface area contributed by atoms with Gasteiger partial charge in [-0.05, 0) is 6.92 Å². The van der Waals surface area contributed by atoms with Crippen molar-refractivity contribution in [2.24, 2.45) is 5.16 Å². The third-order valence-corrected chi connectivity index (χ3v) is 3.37. The van der Waals surface area contributed by atoms with Crippen molar-refractivity contribution in [2.45, 2.75) is 25.9 Å². The summed E-state index contributed by atoms with van der Waals surface area (Å²) in [6, 6.07) is 0. The Balaban J connectivity index is 2.10. The number of hydrogen-bond donors (Lipinski definition) is 1. The lowest BCUT2D eigenvalue weighted by Crippen LogP contribution is -2.24. The van der Waals surface area contributed by atoms with Crippen LogP contribution in [0.4, 0.5) is 5.13 Å². The molecular weight excluding hydrogens is 282 g/mol. The first-order valence-corrected chi connectivity index (χ1v) is 7.28. The lowest BCUT2D eigenvalue weighted by Gasteiger charge is -2.20. The highest BCUT2D eigenvalue weighted by Crippen LogP contribution is 2.15. The fourth-order valence-corrected chi connectivity index (χ4v) is 2.24. The molecule has 1 aliphatic rings. The summed E-state index contributed by atoms with van der Waals surface area (Å²) in [5, 5.41) is 5.94. The van der Waals surface area contributed by atoms with Gasteiger partial charge in [-0.2, -0.15) is 0 Å². The second kappa shape index (κ2) is 7.20. The monoisotopic (exact) mass is 299 g/mol. The largest absolute Gasteiger partial charge is 0.461 e. The summed E-state index contributed by atoms with van der Waals surface area (Å²) in [7, 11) is 0. The molecule has 8 heteroatoms. The van der Waals surface area contributed by atoms with Crippen LogP contribution in [0.1, 0.15) is 25.5 Å². The second-order valence-electron chi connectivity index (χ2n) is 4.15. The fourth-order valence-electron chi connectivity index (χ4n) is 1.69. The van der Waals surface area contributed by atoms with Gasteiger partial charge in [-0.1, -0.05) is 5.16 Å². The molecule has 1 aromatic rings. The van der Waals surface area contributed by atoms with Crippen molar-refractivity contribution in [3.63, 3.8) is 0 Å². The molecule has 0 aromatic carbocycles. The molecule has 0 aliphatic carbocycles. The number of rotatable bonds is 5. The number of hydrogen-bond acceptors (Lipinski definition) is 8. The van der Waals surface area contributed by atoms with Crippen LogP contribution in [0.25, 0.3) is 0 Å². The molecular formula is C12H17N3O4S. The minimum absolute atomic E-state index is 0.0475. The van der Waals surface area contributed by atoms with Crippen molar-refractivity contribution >= 4 is 28.1 Å². The number of carbonyl (C=O) groups is 1. The van der Waals surface area contributed by atoms with Gasteiger partial charge in [0, 0.05) is 18.2 Å². The zero-order valence-electron chi connectivity index (χ0n) is 11.2. The number of carbonyl (C=O) groups excluding carboxylic acids is 1. The Morgan fingerprint density at radius 1 is 1.60 bits per heavy atom. The van der Waals surface area contributed by atoms with Gasteiger partial charge in [0.05, 0.1) is 19.8 Å². The van der Waals surface area contributed by atoms with Gasteiger partial charge in [-0.25, -0.2) is 9.78 Å². The fraction of sp³-hybridized carbons (Fsp3) is 0.583. The van der Waals surface area contributed by atoms with Gasteiger partial charge in [-0.15, -0.1) is 11.3 Å². The van der Waals surface area contributed by atoms with Gasteiger partial charge in [0.2, 0.25) is 5.71 Å². The van der Waals surface area contributed by atoms with Gasteiger partial charge in [0.1, 0.15) is 11.8 Å². The Morgan fingerprint density at radius 2 is 2.35 bits per heavy atom. The van der Waals surface area contributed by atoms with E-state index in [4.69, 9.17) is 20.0 Å². The van der Waals surface area contributed by atoms with Crippen molar-refractivity contribution in [3.05, 3.63) is 11.1 Å². The lowest BCUT2D eigenvalue weighted by molar-refractivity contribution is -0.135. The molecule has 0 amide bonds. The quantitative estimate of drug-likeness (QED) is 0.498. The molecule has 1 aromatic heterocycles. The third-order valence-electron chi connectivity index (χ3n) is 2.69. The molecule has 0 bridgehead atoms. The summed E-state index contributed by atoms with van der Waals surface area (Å²) in [6.45, 7) is 3.26. The first-order chi connectivity index (χ1) is 9.70. The summed E-state index contributed by atoms with van der Waals surface area (Å²) in [5.74, 6) is -0.565. The molecule has 0 saturated carbocycles. The Bertz CT molecular complexity index is 483. The van der Waals surface area contributed by atoms with Gasteiger partial charge >= 0.3 is 5.97 Å². The molecule has 110 valence electrons. The van der Waals surface area contributed by atoms with Gasteiger partial charge in [0.25, 0.3) is 0 Å². The Hall–Kier alpha value is -1.67. The molecule has 20 heavy (non-hydrogen) atoms. The maximum Gasteiger partial charge on any atom is 0.362 e. The highest BCUT2D eigenvalue weighted by Gasteiger charge is 2.21. The zero-order valence-corrected chi connectivity index (χ0v) is 12.0. The van der Waals surface area contributed by atoms with Crippen LogP contribution in [0.5, 0.6) is 0 Å². The molecule has 7 nitrogen and oxygen atoms in total. The number of ether oxygens (including phenoxy) is 2. The third kappa shape index (κ3) is 3.91. The van der Waals surface area contributed by atoms with Crippen LogP contribution in [0, 0.1) is 0 Å². The van der Waals surface area contributed by atoms with Crippen molar-refractivity contribution in [1.29, 1.82) is 0 Å². The number of nitrogen functional groups attached to an aromatic ring is 1. The van der Waals surface area contributed by atoms with E-state index in [1.54, 1.807) is 12.3 Å². The average Bonchev–Trinajstić information content (AvgIpc) is 2.87. The van der Waals surface area contributed by atoms with Crippen LogP contribution in [0.3, 0.4) is 0 Å². The first-order valence-electron chi connectivity index (χ1n) is 6.40. The Kier molecular flexibility index (Phi) is 5.31. The molecule has 1 saturated heterocycles. The summed E-state index contributed by atoms with van der Waals surface area (Å²) in [5.41, 5.74) is 5.99. The minimum atomic E-state index is -0.565. The van der Waals surface area contributed by atoms with E-state index in [0.717, 1.165) is 12.8 Å². The molecule has 2 heterocycles. The number of esters is 1. The second-order valence-corrected chi connectivity index (χ2v) is 5.04. The number of nitrogens with two attached hydrogens (primary N) is 1. The number of oxime groups is 1. The highest BCUT2D eigenvalue weighted by molar-refractivity contribution is 7.13. The number of anilines is 1. The molecule has 2 N–H and O–H groups in total. The topological polar surface area (TPSA) is 96.0 Å². The maximum absolute atomic E-state index is 11.9. The summed E-state index contributed by atoms with van der Waals surface area (Å²) in [4.78, 5) is 21.3. The number of aromatic nitrogens is 1. The van der Waals surface area contributed by atoms with Crippen molar-refractivity contribution in [1.82, 2.24) is 4.98 Å². The Labute approximate surface area is 120 Å². The molecule has 0 spiro atoms. The van der Waals surface area contributed by atoms with Crippen LogP contribution in [-0.2, 0) is 19.1 Å². The number of thiazole rings is 1. The SMILES string of the molecule is CCOC(=O)C(=NOC1CCOCC1)c1csc(N)n1. The summed E-state index contributed by atoms with van der Waals surface area (Å²) in [6.07, 6.45) is 1.45. The first kappa shape index (κ1) is 14.7. The van der Waals surface area contributed by atoms with Crippen LogP contribution in [-0.4, -0.2) is 42.6 Å². The van der Waals surface area contributed by atoms with Crippen LogP contribution in [0.15, 0.2) is 10.5 Å². The van der Waals surface area contributed by atoms with E-state index in [1.165, 1.54) is 11.3 Å². The van der Waals surface area contributed by atoms with Gasteiger partial charge in [-0.3, -0.25) is 0 Å². The van der Waals surface area contributed by atoms with E-state index < -0.39 is 5.97 Å². The van der Waals surface area contributed by atoms with E-state index in [9.17, 15) is 4.79 Å². The van der Waals surface area contributed by atoms with E-state index in [0.29, 0.717) is 24.0 Å². The van der Waals surface area contributed by atoms with E-state index in [1.807, 2.05) is 0 Å². The van der Waals surface area contributed by atoms with E-state index in [2.05, 4.69) is 10.1 Å². The summed E-state index contributed by atoms with van der Waals surface area (Å²) < 4.78 is 10.2. The smallest absolute Gasteiger partial charge is 0.362 e. The van der Waals surface area contributed by atoms with Crippen molar-refractivity contribution in [2.75, 3.05) is 25.6 Å². The van der Waals surface area contributed by atoms with E-state index in [-0.39, 0.29) is 18.4 Å². The predicted octanol–water partition coefficient (Wildman–Crippen LogP) is 1.19. The maximum atomic E-state index is 11.9. The zero-order chi connectivity index (χ0) is 14.4. The lowest BCUT2D eigenvalue weighted by atomic mass is 10.2.